The van der Waals surface area contributed by atoms with E-state index in [-0.39, 0.29) is 16.5 Å². The van der Waals surface area contributed by atoms with E-state index in [2.05, 4.69) is 15.0 Å². The number of likely N-dealkylation sites (N-methyl/N-ethyl adjacent to an activating group) is 1. The van der Waals surface area contributed by atoms with Gasteiger partial charge in [-0.05, 0) is 20.2 Å². The number of rotatable bonds is 9. The highest BCUT2D eigenvalue weighted by molar-refractivity contribution is 7.89. The van der Waals surface area contributed by atoms with Crippen LogP contribution in [0.1, 0.15) is 0 Å². The molecule has 0 radical (unpaired) electrons. The van der Waals surface area contributed by atoms with E-state index in [1.807, 2.05) is 19.0 Å². The smallest absolute Gasteiger partial charge is 0.242 e. The van der Waals surface area contributed by atoms with Gasteiger partial charge < -0.3 is 15.0 Å². The van der Waals surface area contributed by atoms with Crippen LogP contribution < -0.4 is 10.0 Å². The Hall–Kier alpha value is -0.930. The predicted molar refractivity (Wildman–Crippen MR) is 83.4 cm³/mol. The number of hydrogen-bond donors (Lipinski definition) is 2. The first-order valence-corrected chi connectivity index (χ1v) is 8.28. The molecular weight excluding hydrogens is 316 g/mol. The molecule has 1 heterocycles. The summed E-state index contributed by atoms with van der Waals surface area (Å²) >= 11 is 5.92. The minimum Gasteiger partial charge on any atom is -0.379 e. The molecule has 120 valence electrons. The summed E-state index contributed by atoms with van der Waals surface area (Å²) in [5.41, 5.74) is 0. The number of halogens is 1. The molecule has 0 saturated heterocycles. The van der Waals surface area contributed by atoms with Crippen molar-refractivity contribution in [2.75, 3.05) is 52.8 Å². The van der Waals surface area contributed by atoms with Gasteiger partial charge in [-0.3, -0.25) is 0 Å². The zero-order chi connectivity index (χ0) is 15.9. The Labute approximate surface area is 130 Å². The van der Waals surface area contributed by atoms with E-state index < -0.39 is 10.0 Å². The minimum atomic E-state index is -3.63. The van der Waals surface area contributed by atoms with Gasteiger partial charge in [0, 0.05) is 26.3 Å². The largest absolute Gasteiger partial charge is 0.379 e. The van der Waals surface area contributed by atoms with Crippen LogP contribution in [0.3, 0.4) is 0 Å². The van der Waals surface area contributed by atoms with E-state index in [0.717, 1.165) is 6.54 Å². The molecule has 9 heteroatoms. The first-order chi connectivity index (χ1) is 9.86. The van der Waals surface area contributed by atoms with Crippen LogP contribution >= 0.6 is 11.6 Å². The van der Waals surface area contributed by atoms with Crippen LogP contribution in [0.25, 0.3) is 0 Å². The lowest BCUT2D eigenvalue weighted by Crippen LogP contribution is -2.28. The fourth-order valence-electron chi connectivity index (χ4n) is 1.43. The van der Waals surface area contributed by atoms with Crippen molar-refractivity contribution in [3.05, 3.63) is 17.3 Å². The highest BCUT2D eigenvalue weighted by Gasteiger charge is 2.15. The molecule has 1 rings (SSSR count). The Kier molecular flexibility index (Phi) is 7.33. The summed E-state index contributed by atoms with van der Waals surface area (Å²) in [5, 5.41) is 3.02. The summed E-state index contributed by atoms with van der Waals surface area (Å²) in [6, 6.07) is 1.36. The molecule has 1 aromatic rings. The normalized spacial score (nSPS) is 11.9. The van der Waals surface area contributed by atoms with Crippen LogP contribution in [0.5, 0.6) is 0 Å². The highest BCUT2D eigenvalue weighted by Crippen LogP contribution is 2.21. The van der Waals surface area contributed by atoms with Crippen LogP contribution in [0.4, 0.5) is 5.82 Å². The maximum Gasteiger partial charge on any atom is 0.242 e. The van der Waals surface area contributed by atoms with E-state index in [4.69, 9.17) is 16.3 Å². The van der Waals surface area contributed by atoms with Crippen molar-refractivity contribution in [2.24, 2.45) is 0 Å². The number of anilines is 1. The zero-order valence-electron chi connectivity index (χ0n) is 12.4. The molecule has 21 heavy (non-hydrogen) atoms. The molecule has 0 saturated carbocycles. The second-order valence-corrected chi connectivity index (χ2v) is 6.74. The third-order valence-corrected chi connectivity index (χ3v) is 4.30. The number of aromatic nitrogens is 1. The zero-order valence-corrected chi connectivity index (χ0v) is 14.0. The number of pyridine rings is 1. The van der Waals surface area contributed by atoms with Crippen LogP contribution in [0.2, 0.25) is 5.02 Å². The molecule has 0 amide bonds. The summed E-state index contributed by atoms with van der Waals surface area (Å²) in [6.07, 6.45) is 1.26. The lowest BCUT2D eigenvalue weighted by Gasteiger charge is -2.11. The Morgan fingerprint density at radius 3 is 2.67 bits per heavy atom. The monoisotopic (exact) mass is 336 g/mol. The summed E-state index contributed by atoms with van der Waals surface area (Å²) < 4.78 is 31.8. The van der Waals surface area contributed by atoms with Gasteiger partial charge in [-0.2, -0.15) is 0 Å². The van der Waals surface area contributed by atoms with Crippen molar-refractivity contribution in [3.63, 3.8) is 0 Å². The van der Waals surface area contributed by atoms with E-state index in [1.54, 1.807) is 7.05 Å². The lowest BCUT2D eigenvalue weighted by atomic mass is 10.4. The quantitative estimate of drug-likeness (QED) is 0.644. The maximum atomic E-state index is 12.0. The lowest BCUT2D eigenvalue weighted by molar-refractivity contribution is 0.122. The van der Waals surface area contributed by atoms with Crippen LogP contribution in [0, 0.1) is 0 Å². The maximum absolute atomic E-state index is 12.0. The average molecular weight is 337 g/mol. The fraction of sp³-hybridized carbons (Fsp3) is 0.583. The van der Waals surface area contributed by atoms with Crippen molar-refractivity contribution in [1.29, 1.82) is 0 Å². The third kappa shape index (κ3) is 6.15. The average Bonchev–Trinajstić information content (AvgIpc) is 2.42. The summed E-state index contributed by atoms with van der Waals surface area (Å²) in [7, 11) is 1.92. The summed E-state index contributed by atoms with van der Waals surface area (Å²) in [4.78, 5) is 5.96. The number of hydrogen-bond acceptors (Lipinski definition) is 6. The molecular formula is C12H21ClN4O3S. The van der Waals surface area contributed by atoms with Crippen LogP contribution in [-0.4, -0.2) is 65.7 Å². The topological polar surface area (TPSA) is 83.6 Å². The third-order valence-electron chi connectivity index (χ3n) is 2.58. The molecule has 0 aromatic carbocycles. The van der Waals surface area contributed by atoms with Crippen LogP contribution in [0.15, 0.2) is 17.2 Å². The van der Waals surface area contributed by atoms with Gasteiger partial charge in [-0.15, -0.1) is 0 Å². The van der Waals surface area contributed by atoms with Gasteiger partial charge in [-0.1, -0.05) is 11.6 Å². The van der Waals surface area contributed by atoms with E-state index in [0.29, 0.717) is 19.0 Å². The molecule has 0 atom stereocenters. The Morgan fingerprint density at radius 2 is 2.10 bits per heavy atom. The molecule has 7 nitrogen and oxygen atoms in total. The second kappa shape index (κ2) is 8.50. The Balaban J connectivity index is 2.48. The van der Waals surface area contributed by atoms with Gasteiger partial charge in [0.25, 0.3) is 0 Å². The van der Waals surface area contributed by atoms with E-state index in [9.17, 15) is 8.42 Å². The molecule has 0 bridgehead atoms. The first kappa shape index (κ1) is 18.1. The SMILES string of the molecule is CNc1ncc(S(=O)(=O)NCCOCCN(C)C)cc1Cl. The number of sulfonamides is 1. The van der Waals surface area contributed by atoms with Crippen molar-refractivity contribution < 1.29 is 13.2 Å². The van der Waals surface area contributed by atoms with Crippen molar-refractivity contribution in [2.45, 2.75) is 4.90 Å². The van der Waals surface area contributed by atoms with Crippen LogP contribution in [-0.2, 0) is 14.8 Å². The van der Waals surface area contributed by atoms with Gasteiger partial charge in [-0.25, -0.2) is 18.1 Å². The van der Waals surface area contributed by atoms with Crippen molar-refractivity contribution in [3.8, 4) is 0 Å². The molecule has 2 N–H and O–H groups in total. The highest BCUT2D eigenvalue weighted by atomic mass is 35.5. The molecule has 0 unspecified atom stereocenters. The van der Waals surface area contributed by atoms with Crippen molar-refractivity contribution >= 4 is 27.4 Å². The molecule has 0 aliphatic carbocycles. The van der Waals surface area contributed by atoms with Gasteiger partial charge in [0.1, 0.15) is 10.7 Å². The standard InChI is InChI=1S/C12H21ClN4O3S/c1-14-12-11(13)8-10(9-15-12)21(18,19)16-4-6-20-7-5-17(2)3/h8-9,16H,4-7H2,1-3H3,(H,14,15). The van der Waals surface area contributed by atoms with Crippen molar-refractivity contribution in [1.82, 2.24) is 14.6 Å². The number of nitrogens with zero attached hydrogens (tertiary/aromatic N) is 2. The van der Waals surface area contributed by atoms with Gasteiger partial charge >= 0.3 is 0 Å². The fourth-order valence-corrected chi connectivity index (χ4v) is 2.74. The first-order valence-electron chi connectivity index (χ1n) is 6.42. The molecule has 0 aliphatic heterocycles. The van der Waals surface area contributed by atoms with Gasteiger partial charge in [0.2, 0.25) is 10.0 Å². The van der Waals surface area contributed by atoms with Gasteiger partial charge in [0.15, 0.2) is 0 Å². The molecule has 0 fully saturated rings. The molecule has 0 spiro atoms. The molecule has 1 aromatic heterocycles. The number of nitrogens with one attached hydrogen (secondary N) is 2. The summed E-state index contributed by atoms with van der Waals surface area (Å²) in [6.45, 7) is 1.85. The minimum absolute atomic E-state index is 0.0276. The van der Waals surface area contributed by atoms with Gasteiger partial charge in [0.05, 0.1) is 18.2 Å². The van der Waals surface area contributed by atoms with E-state index >= 15 is 0 Å². The molecule has 0 aliphatic rings. The second-order valence-electron chi connectivity index (χ2n) is 4.56. The Morgan fingerprint density at radius 1 is 1.38 bits per heavy atom. The number of ether oxygens (including phenoxy) is 1. The summed E-state index contributed by atoms with van der Waals surface area (Å²) in [5.74, 6) is 0.433. The van der Waals surface area contributed by atoms with E-state index in [1.165, 1.54) is 12.3 Å². The predicted octanol–water partition coefficient (Wildman–Crippen LogP) is 0.633. The Bertz CT molecular complexity index is 551.